The highest BCUT2D eigenvalue weighted by Gasteiger charge is 2.22. The van der Waals surface area contributed by atoms with Crippen LogP contribution in [0.3, 0.4) is 0 Å². The number of phenols is 2. The van der Waals surface area contributed by atoms with E-state index in [1.165, 1.54) is 12.1 Å². The van der Waals surface area contributed by atoms with Crippen LogP contribution in [0.25, 0.3) is 0 Å². The molecule has 0 spiro atoms. The van der Waals surface area contributed by atoms with Crippen molar-refractivity contribution in [1.29, 1.82) is 0 Å². The van der Waals surface area contributed by atoms with E-state index < -0.39 is 5.97 Å². The number of hydrogen-bond acceptors (Lipinski definition) is 4. The summed E-state index contributed by atoms with van der Waals surface area (Å²) >= 11 is 0. The first-order chi connectivity index (χ1) is 6.18. The summed E-state index contributed by atoms with van der Waals surface area (Å²) < 4.78 is 4.75. The van der Waals surface area contributed by atoms with Crippen molar-refractivity contribution in [2.75, 3.05) is 6.61 Å². The van der Waals surface area contributed by atoms with Crippen molar-refractivity contribution < 1.29 is 19.7 Å². The second-order valence-electron chi connectivity index (χ2n) is 2.88. The van der Waals surface area contributed by atoms with Gasteiger partial charge in [-0.05, 0) is 6.07 Å². The van der Waals surface area contributed by atoms with Gasteiger partial charge in [0.1, 0.15) is 11.5 Å². The van der Waals surface area contributed by atoms with Gasteiger partial charge in [0.2, 0.25) is 0 Å². The Morgan fingerprint density at radius 1 is 1.31 bits per heavy atom. The molecule has 0 aliphatic carbocycles. The smallest absolute Gasteiger partial charge is 0.338 e. The average molecular weight is 180 g/mol. The standard InChI is InChI=1S/C9H8O4/c10-5-3-7-6(8(11)4-5)1-2-13-9(7)12/h3-4,10-11H,1-2H2. The van der Waals surface area contributed by atoms with Crippen LogP contribution in [0.2, 0.25) is 0 Å². The Morgan fingerprint density at radius 3 is 2.85 bits per heavy atom. The van der Waals surface area contributed by atoms with Crippen LogP contribution in [0.15, 0.2) is 12.1 Å². The number of benzene rings is 1. The SMILES string of the molecule is O=C1OCCc2c(O)cc(O)cc21. The van der Waals surface area contributed by atoms with E-state index in [-0.39, 0.29) is 23.7 Å². The van der Waals surface area contributed by atoms with Crippen LogP contribution < -0.4 is 0 Å². The molecule has 0 aromatic heterocycles. The normalized spacial score (nSPS) is 14.9. The summed E-state index contributed by atoms with van der Waals surface area (Å²) in [4.78, 5) is 11.1. The van der Waals surface area contributed by atoms with E-state index in [1.54, 1.807) is 0 Å². The summed E-state index contributed by atoms with van der Waals surface area (Å²) in [6.07, 6.45) is 0.493. The van der Waals surface area contributed by atoms with E-state index in [9.17, 15) is 9.90 Å². The summed E-state index contributed by atoms with van der Waals surface area (Å²) in [6.45, 7) is 0.282. The van der Waals surface area contributed by atoms with Gasteiger partial charge in [0.25, 0.3) is 0 Å². The van der Waals surface area contributed by atoms with Crippen molar-refractivity contribution in [1.82, 2.24) is 0 Å². The van der Waals surface area contributed by atoms with Crippen molar-refractivity contribution in [2.45, 2.75) is 6.42 Å². The first kappa shape index (κ1) is 7.91. The molecule has 0 saturated heterocycles. The molecule has 2 N–H and O–H groups in total. The zero-order valence-corrected chi connectivity index (χ0v) is 6.78. The third kappa shape index (κ3) is 1.20. The molecule has 1 aromatic carbocycles. The largest absolute Gasteiger partial charge is 0.508 e. The first-order valence-corrected chi connectivity index (χ1v) is 3.90. The number of hydrogen-bond donors (Lipinski definition) is 2. The van der Waals surface area contributed by atoms with Crippen LogP contribution in [0, 0.1) is 0 Å². The van der Waals surface area contributed by atoms with E-state index in [1.807, 2.05) is 0 Å². The lowest BCUT2D eigenvalue weighted by Crippen LogP contribution is -2.17. The van der Waals surface area contributed by atoms with Gasteiger partial charge in [-0.15, -0.1) is 0 Å². The van der Waals surface area contributed by atoms with Crippen LogP contribution in [-0.2, 0) is 11.2 Å². The Bertz CT molecular complexity index is 370. The molecule has 1 aliphatic heterocycles. The van der Waals surface area contributed by atoms with Crippen molar-refractivity contribution in [3.63, 3.8) is 0 Å². The summed E-state index contributed by atoms with van der Waals surface area (Å²) in [5, 5.41) is 18.5. The molecule has 1 aliphatic rings. The molecular weight excluding hydrogens is 172 g/mol. The fourth-order valence-corrected chi connectivity index (χ4v) is 1.41. The predicted molar refractivity (Wildman–Crippen MR) is 43.8 cm³/mol. The molecule has 0 amide bonds. The quantitative estimate of drug-likeness (QED) is 0.580. The third-order valence-electron chi connectivity index (χ3n) is 2.02. The molecule has 0 fully saturated rings. The number of rotatable bonds is 0. The number of phenolic OH excluding ortho intramolecular Hbond substituents is 2. The van der Waals surface area contributed by atoms with E-state index >= 15 is 0 Å². The Hall–Kier alpha value is -1.71. The Morgan fingerprint density at radius 2 is 2.08 bits per heavy atom. The summed E-state index contributed by atoms with van der Waals surface area (Å²) in [7, 11) is 0. The van der Waals surface area contributed by atoms with E-state index in [0.29, 0.717) is 12.0 Å². The lowest BCUT2D eigenvalue weighted by Gasteiger charge is -2.16. The fraction of sp³-hybridized carbons (Fsp3) is 0.222. The minimum Gasteiger partial charge on any atom is -0.508 e. The zero-order chi connectivity index (χ0) is 9.42. The molecule has 1 aromatic rings. The van der Waals surface area contributed by atoms with E-state index in [0.717, 1.165) is 0 Å². The fourth-order valence-electron chi connectivity index (χ4n) is 1.41. The maximum Gasteiger partial charge on any atom is 0.338 e. The van der Waals surface area contributed by atoms with Gasteiger partial charge in [-0.25, -0.2) is 4.79 Å². The highest BCUT2D eigenvalue weighted by atomic mass is 16.5. The number of carbonyl (C=O) groups is 1. The first-order valence-electron chi connectivity index (χ1n) is 3.90. The monoisotopic (exact) mass is 180 g/mol. The Kier molecular flexibility index (Phi) is 1.62. The predicted octanol–water partition coefficient (Wildman–Crippen LogP) is 0.811. The molecule has 0 bridgehead atoms. The van der Waals surface area contributed by atoms with Crippen LogP contribution in [0.1, 0.15) is 15.9 Å². The van der Waals surface area contributed by atoms with Gasteiger partial charge in [0, 0.05) is 18.1 Å². The lowest BCUT2D eigenvalue weighted by atomic mass is 10.0. The number of esters is 1. The minimum atomic E-state index is -0.493. The van der Waals surface area contributed by atoms with Crippen LogP contribution in [-0.4, -0.2) is 22.8 Å². The Labute approximate surface area is 74.4 Å². The maximum atomic E-state index is 11.1. The van der Waals surface area contributed by atoms with Gasteiger partial charge in [0.05, 0.1) is 12.2 Å². The molecule has 4 heteroatoms. The number of cyclic esters (lactones) is 1. The number of carbonyl (C=O) groups excluding carboxylic acids is 1. The number of fused-ring (bicyclic) bond motifs is 1. The van der Waals surface area contributed by atoms with Crippen molar-refractivity contribution in [3.05, 3.63) is 23.3 Å². The zero-order valence-electron chi connectivity index (χ0n) is 6.78. The Balaban J connectivity index is 2.63. The number of ether oxygens (including phenoxy) is 1. The van der Waals surface area contributed by atoms with Crippen molar-refractivity contribution in [2.24, 2.45) is 0 Å². The maximum absolute atomic E-state index is 11.1. The lowest BCUT2D eigenvalue weighted by molar-refractivity contribution is 0.0477. The molecule has 1 heterocycles. The van der Waals surface area contributed by atoms with Gasteiger partial charge in [-0.3, -0.25) is 0 Å². The third-order valence-corrected chi connectivity index (χ3v) is 2.02. The van der Waals surface area contributed by atoms with Gasteiger partial charge in [-0.1, -0.05) is 0 Å². The van der Waals surface area contributed by atoms with Gasteiger partial charge < -0.3 is 14.9 Å². The average Bonchev–Trinajstić information content (AvgIpc) is 2.07. The summed E-state index contributed by atoms with van der Waals surface area (Å²) in [5.74, 6) is -0.672. The number of aromatic hydroxyl groups is 2. The minimum absolute atomic E-state index is 0.0494. The molecule has 68 valence electrons. The topological polar surface area (TPSA) is 66.8 Å². The molecule has 0 unspecified atom stereocenters. The second kappa shape index (κ2) is 2.65. The summed E-state index contributed by atoms with van der Waals surface area (Å²) in [5.41, 5.74) is 0.804. The van der Waals surface area contributed by atoms with Crippen LogP contribution >= 0.6 is 0 Å². The van der Waals surface area contributed by atoms with E-state index in [4.69, 9.17) is 9.84 Å². The molecule has 13 heavy (non-hydrogen) atoms. The second-order valence-corrected chi connectivity index (χ2v) is 2.88. The molecule has 2 rings (SSSR count). The molecule has 0 atom stereocenters. The van der Waals surface area contributed by atoms with E-state index in [2.05, 4.69) is 0 Å². The van der Waals surface area contributed by atoms with Crippen LogP contribution in [0.4, 0.5) is 0 Å². The highest BCUT2D eigenvalue weighted by Crippen LogP contribution is 2.30. The van der Waals surface area contributed by atoms with Gasteiger partial charge >= 0.3 is 5.97 Å². The summed E-state index contributed by atoms with van der Waals surface area (Å²) in [6, 6.07) is 2.52. The van der Waals surface area contributed by atoms with Crippen molar-refractivity contribution in [3.8, 4) is 11.5 Å². The van der Waals surface area contributed by atoms with Crippen molar-refractivity contribution >= 4 is 5.97 Å². The molecular formula is C9H8O4. The highest BCUT2D eigenvalue weighted by molar-refractivity contribution is 5.93. The molecule has 4 nitrogen and oxygen atoms in total. The van der Waals surface area contributed by atoms with Gasteiger partial charge in [-0.2, -0.15) is 0 Å². The molecule has 0 saturated carbocycles. The molecule has 0 radical (unpaired) electrons. The van der Waals surface area contributed by atoms with Gasteiger partial charge in [0.15, 0.2) is 0 Å². The van der Waals surface area contributed by atoms with Crippen LogP contribution in [0.5, 0.6) is 11.5 Å².